The van der Waals surface area contributed by atoms with Crippen LogP contribution in [0.1, 0.15) is 17.2 Å². The number of nitrogens with zero attached hydrogens (tertiary/aromatic N) is 2. The van der Waals surface area contributed by atoms with Crippen molar-refractivity contribution in [3.8, 4) is 5.75 Å². The first kappa shape index (κ1) is 22.2. The molecule has 3 rings (SSSR count). The Kier molecular flexibility index (Phi) is 6.87. The van der Waals surface area contributed by atoms with E-state index in [1.54, 1.807) is 36.4 Å². The van der Waals surface area contributed by atoms with E-state index >= 15 is 0 Å². The normalized spacial score (nSPS) is 17.9. The summed E-state index contributed by atoms with van der Waals surface area (Å²) in [6.07, 6.45) is 1.61. The summed E-state index contributed by atoms with van der Waals surface area (Å²) in [6.45, 7) is 4.60. The zero-order valence-corrected chi connectivity index (χ0v) is 17.5. The van der Waals surface area contributed by atoms with Gasteiger partial charge in [-0.2, -0.15) is 0 Å². The van der Waals surface area contributed by atoms with Gasteiger partial charge in [-0.3, -0.25) is 9.59 Å². The molecular formula is C24H25FN2O4. The molecule has 2 aromatic carbocycles. The molecule has 162 valence electrons. The monoisotopic (exact) mass is 424 g/mol. The highest BCUT2D eigenvalue weighted by molar-refractivity contribution is 6.46. The number of likely N-dealkylation sites (N-methyl/N-ethyl adjacent to an activating group) is 1. The number of halogens is 1. The molecule has 6 nitrogen and oxygen atoms in total. The van der Waals surface area contributed by atoms with E-state index in [1.165, 1.54) is 23.1 Å². The average molecular weight is 424 g/mol. The summed E-state index contributed by atoms with van der Waals surface area (Å²) < 4.78 is 20.1. The van der Waals surface area contributed by atoms with E-state index in [0.717, 1.165) is 0 Å². The minimum absolute atomic E-state index is 0.131. The van der Waals surface area contributed by atoms with E-state index in [-0.39, 0.29) is 23.4 Å². The SMILES string of the molecule is C=CCOc1ccc(/C(O)=C2/C(=O)C(=O)N(CCN(C)C)C2c2ccccc2F)cc1. The van der Waals surface area contributed by atoms with Crippen LogP contribution in [0.5, 0.6) is 5.75 Å². The summed E-state index contributed by atoms with van der Waals surface area (Å²) in [5.41, 5.74) is 0.361. The van der Waals surface area contributed by atoms with E-state index < -0.39 is 23.5 Å². The first-order chi connectivity index (χ1) is 14.8. The quantitative estimate of drug-likeness (QED) is 0.305. The van der Waals surface area contributed by atoms with Crippen molar-refractivity contribution in [3.05, 3.63) is 83.7 Å². The van der Waals surface area contributed by atoms with Gasteiger partial charge >= 0.3 is 0 Å². The molecule has 1 aliphatic heterocycles. The first-order valence-corrected chi connectivity index (χ1v) is 9.86. The second kappa shape index (κ2) is 9.57. The number of benzene rings is 2. The second-order valence-corrected chi connectivity index (χ2v) is 7.44. The Morgan fingerprint density at radius 3 is 2.48 bits per heavy atom. The van der Waals surface area contributed by atoms with Gasteiger partial charge in [-0.1, -0.05) is 30.9 Å². The van der Waals surface area contributed by atoms with Crippen LogP contribution in [-0.2, 0) is 9.59 Å². The molecule has 0 saturated carbocycles. The van der Waals surface area contributed by atoms with Crippen molar-refractivity contribution in [1.82, 2.24) is 9.80 Å². The van der Waals surface area contributed by atoms with Gasteiger partial charge in [-0.25, -0.2) is 4.39 Å². The molecule has 0 bridgehead atoms. The molecule has 1 aliphatic rings. The van der Waals surface area contributed by atoms with Crippen molar-refractivity contribution in [2.24, 2.45) is 0 Å². The zero-order chi connectivity index (χ0) is 22.5. The largest absolute Gasteiger partial charge is 0.507 e. The number of ketones is 1. The van der Waals surface area contributed by atoms with Crippen molar-refractivity contribution in [2.45, 2.75) is 6.04 Å². The van der Waals surface area contributed by atoms with Crippen LogP contribution >= 0.6 is 0 Å². The van der Waals surface area contributed by atoms with Crippen LogP contribution in [0.3, 0.4) is 0 Å². The Morgan fingerprint density at radius 2 is 1.87 bits per heavy atom. The Bertz CT molecular complexity index is 1010. The number of Topliss-reactive ketones (excluding diaryl/α,β-unsaturated/α-hetero) is 1. The van der Waals surface area contributed by atoms with Crippen molar-refractivity contribution >= 4 is 17.4 Å². The number of aliphatic hydroxyl groups excluding tert-OH is 1. The summed E-state index contributed by atoms with van der Waals surface area (Å²) in [5.74, 6) is -1.94. The van der Waals surface area contributed by atoms with E-state index in [2.05, 4.69) is 6.58 Å². The molecule has 1 saturated heterocycles. The van der Waals surface area contributed by atoms with Crippen molar-refractivity contribution in [1.29, 1.82) is 0 Å². The lowest BCUT2D eigenvalue weighted by Crippen LogP contribution is -2.35. The summed E-state index contributed by atoms with van der Waals surface area (Å²) in [4.78, 5) is 28.9. The van der Waals surface area contributed by atoms with Gasteiger partial charge in [0.05, 0.1) is 11.6 Å². The zero-order valence-electron chi connectivity index (χ0n) is 17.5. The Labute approximate surface area is 180 Å². The van der Waals surface area contributed by atoms with Crippen LogP contribution in [0, 0.1) is 5.82 Å². The minimum atomic E-state index is -1.02. The molecule has 31 heavy (non-hydrogen) atoms. The number of likely N-dealkylation sites (tertiary alicyclic amines) is 1. The fraction of sp³-hybridized carbons (Fsp3) is 0.250. The lowest BCUT2D eigenvalue weighted by atomic mass is 9.95. The molecule has 0 aliphatic carbocycles. The summed E-state index contributed by atoms with van der Waals surface area (Å²) in [5, 5.41) is 11.0. The maximum atomic E-state index is 14.7. The number of amides is 1. The molecule has 2 aromatic rings. The van der Waals surface area contributed by atoms with E-state index in [0.29, 0.717) is 24.5 Å². The standard InChI is InChI=1S/C24H25FN2O4/c1-4-15-31-17-11-9-16(10-12-17)22(28)20-21(18-7-5-6-8-19(18)25)27(14-13-26(2)3)24(30)23(20)29/h4-12,21,28H,1,13-15H2,2-3H3/b22-20-. The van der Waals surface area contributed by atoms with Gasteiger partial charge in [-0.05, 0) is 44.4 Å². The molecule has 1 N–H and O–H groups in total. The van der Waals surface area contributed by atoms with Gasteiger partial charge in [-0.15, -0.1) is 0 Å². The highest BCUT2D eigenvalue weighted by Gasteiger charge is 2.46. The number of hydrogen-bond donors (Lipinski definition) is 1. The fourth-order valence-electron chi connectivity index (χ4n) is 3.46. The van der Waals surface area contributed by atoms with Crippen molar-refractivity contribution in [3.63, 3.8) is 0 Å². The van der Waals surface area contributed by atoms with Gasteiger partial charge in [0, 0.05) is 24.2 Å². The Hall–Kier alpha value is -3.45. The highest BCUT2D eigenvalue weighted by atomic mass is 19.1. The van der Waals surface area contributed by atoms with Gasteiger partial charge < -0.3 is 19.6 Å². The molecule has 1 atom stereocenters. The maximum Gasteiger partial charge on any atom is 0.295 e. The third-order valence-corrected chi connectivity index (χ3v) is 5.02. The van der Waals surface area contributed by atoms with Gasteiger partial charge in [0.15, 0.2) is 0 Å². The van der Waals surface area contributed by atoms with Crippen molar-refractivity contribution in [2.75, 3.05) is 33.8 Å². The third-order valence-electron chi connectivity index (χ3n) is 5.02. The topological polar surface area (TPSA) is 70.1 Å². The average Bonchev–Trinajstić information content (AvgIpc) is 3.01. The number of carbonyl (C=O) groups excluding carboxylic acids is 2. The second-order valence-electron chi connectivity index (χ2n) is 7.44. The molecule has 1 heterocycles. The molecule has 0 aromatic heterocycles. The number of aliphatic hydroxyl groups is 1. The van der Waals surface area contributed by atoms with Crippen LogP contribution in [0.15, 0.2) is 66.8 Å². The third kappa shape index (κ3) is 4.67. The van der Waals surface area contributed by atoms with Gasteiger partial charge in [0.25, 0.3) is 11.7 Å². The molecule has 1 amide bonds. The number of ether oxygens (including phenoxy) is 1. The van der Waals surface area contributed by atoms with Gasteiger partial charge in [0.2, 0.25) is 0 Å². The van der Waals surface area contributed by atoms with Crippen LogP contribution in [0.4, 0.5) is 4.39 Å². The smallest absolute Gasteiger partial charge is 0.295 e. The number of rotatable bonds is 8. The molecule has 0 spiro atoms. The highest BCUT2D eigenvalue weighted by Crippen LogP contribution is 2.40. The van der Waals surface area contributed by atoms with E-state index in [4.69, 9.17) is 4.74 Å². The maximum absolute atomic E-state index is 14.7. The van der Waals surface area contributed by atoms with Crippen LogP contribution in [-0.4, -0.2) is 60.4 Å². The predicted octanol–water partition coefficient (Wildman–Crippen LogP) is 3.37. The Balaban J connectivity index is 2.08. The van der Waals surface area contributed by atoms with E-state index in [1.807, 2.05) is 19.0 Å². The van der Waals surface area contributed by atoms with Crippen molar-refractivity contribution < 1.29 is 23.8 Å². The minimum Gasteiger partial charge on any atom is -0.507 e. The van der Waals surface area contributed by atoms with Crippen LogP contribution in [0.25, 0.3) is 5.76 Å². The fourth-order valence-corrected chi connectivity index (χ4v) is 3.46. The molecule has 0 radical (unpaired) electrons. The molecule has 1 fully saturated rings. The van der Waals surface area contributed by atoms with Crippen LogP contribution in [0.2, 0.25) is 0 Å². The molecule has 7 heteroatoms. The van der Waals surface area contributed by atoms with Crippen LogP contribution < -0.4 is 4.74 Å². The van der Waals surface area contributed by atoms with Gasteiger partial charge in [0.1, 0.15) is 23.9 Å². The summed E-state index contributed by atoms with van der Waals surface area (Å²) in [7, 11) is 3.68. The predicted molar refractivity (Wildman–Crippen MR) is 116 cm³/mol. The summed E-state index contributed by atoms with van der Waals surface area (Å²) >= 11 is 0. The summed E-state index contributed by atoms with van der Waals surface area (Å²) in [6, 6.07) is 11.4. The lowest BCUT2D eigenvalue weighted by Gasteiger charge is -2.26. The van der Waals surface area contributed by atoms with E-state index in [9.17, 15) is 19.1 Å². The number of hydrogen-bond acceptors (Lipinski definition) is 5. The molecular weight excluding hydrogens is 399 g/mol. The molecule has 1 unspecified atom stereocenters. The first-order valence-electron chi connectivity index (χ1n) is 9.86. The number of carbonyl (C=O) groups is 2. The Morgan fingerprint density at radius 1 is 1.19 bits per heavy atom. The lowest BCUT2D eigenvalue weighted by molar-refractivity contribution is -0.140.